The van der Waals surface area contributed by atoms with Crippen LogP contribution >= 0.6 is 11.8 Å². The summed E-state index contributed by atoms with van der Waals surface area (Å²) in [5.74, 6) is 2.76. The molecule has 17 heavy (non-hydrogen) atoms. The summed E-state index contributed by atoms with van der Waals surface area (Å²) < 4.78 is 0. The Morgan fingerprint density at radius 1 is 1.29 bits per heavy atom. The van der Waals surface area contributed by atoms with Crippen molar-refractivity contribution in [2.24, 2.45) is 11.3 Å². The van der Waals surface area contributed by atoms with Gasteiger partial charge in [-0.1, -0.05) is 0 Å². The number of carbonyl (C=O) groups excluding carboxylic acids is 2. The second-order valence-electron chi connectivity index (χ2n) is 5.35. The molecule has 0 radical (unpaired) electrons. The van der Waals surface area contributed by atoms with E-state index < -0.39 is 0 Å². The maximum Gasteiger partial charge on any atom is 0.227 e. The lowest BCUT2D eigenvalue weighted by Crippen LogP contribution is -2.49. The Morgan fingerprint density at radius 3 is 2.47 bits per heavy atom. The van der Waals surface area contributed by atoms with E-state index in [1.54, 1.807) is 0 Å². The van der Waals surface area contributed by atoms with E-state index in [0.717, 1.165) is 50.4 Å². The van der Waals surface area contributed by atoms with E-state index in [1.807, 2.05) is 16.7 Å². The van der Waals surface area contributed by atoms with Gasteiger partial charge in [0.2, 0.25) is 11.8 Å². The van der Waals surface area contributed by atoms with Crippen LogP contribution in [0.5, 0.6) is 0 Å². The molecule has 3 saturated heterocycles. The molecule has 2 amide bonds. The lowest BCUT2D eigenvalue weighted by atomic mass is 9.77. The summed E-state index contributed by atoms with van der Waals surface area (Å²) in [5, 5.41) is 2.92. The highest BCUT2D eigenvalue weighted by Gasteiger charge is 2.45. The molecule has 1 N–H and O–H groups in total. The van der Waals surface area contributed by atoms with E-state index in [-0.39, 0.29) is 17.2 Å². The number of likely N-dealkylation sites (tertiary alicyclic amines) is 1. The number of amides is 2. The van der Waals surface area contributed by atoms with Gasteiger partial charge in [0.1, 0.15) is 0 Å². The Kier molecular flexibility index (Phi) is 2.81. The van der Waals surface area contributed by atoms with Crippen LogP contribution in [0.1, 0.15) is 19.3 Å². The number of hydrogen-bond acceptors (Lipinski definition) is 3. The highest BCUT2D eigenvalue weighted by atomic mass is 32.2. The Bertz CT molecular complexity index is 346. The third-order valence-electron chi connectivity index (χ3n) is 4.39. The maximum absolute atomic E-state index is 12.1. The van der Waals surface area contributed by atoms with E-state index in [9.17, 15) is 9.59 Å². The fourth-order valence-corrected chi connectivity index (χ4v) is 3.74. The molecule has 5 heteroatoms. The van der Waals surface area contributed by atoms with Gasteiger partial charge in [0.25, 0.3) is 0 Å². The zero-order valence-electron chi connectivity index (χ0n) is 9.91. The van der Waals surface area contributed by atoms with Gasteiger partial charge in [0, 0.05) is 31.1 Å². The zero-order chi connectivity index (χ0) is 11.9. The summed E-state index contributed by atoms with van der Waals surface area (Å²) in [6.45, 7) is 2.35. The molecule has 0 aromatic heterocycles. The number of rotatable bonds is 1. The predicted octanol–water partition coefficient (Wildman–Crippen LogP) is 0.478. The van der Waals surface area contributed by atoms with Crippen LogP contribution in [0, 0.1) is 11.3 Å². The zero-order valence-corrected chi connectivity index (χ0v) is 10.7. The molecule has 3 fully saturated rings. The molecule has 94 valence electrons. The summed E-state index contributed by atoms with van der Waals surface area (Å²) in [6.07, 6.45) is 2.65. The monoisotopic (exact) mass is 254 g/mol. The minimum Gasteiger partial charge on any atom is -0.356 e. The molecule has 0 aromatic carbocycles. The fourth-order valence-electron chi connectivity index (χ4n) is 2.99. The lowest BCUT2D eigenvalue weighted by molar-refractivity contribution is -0.140. The van der Waals surface area contributed by atoms with E-state index >= 15 is 0 Å². The van der Waals surface area contributed by atoms with Crippen molar-refractivity contribution in [2.75, 3.05) is 31.1 Å². The predicted molar refractivity (Wildman–Crippen MR) is 66.7 cm³/mol. The van der Waals surface area contributed by atoms with E-state index in [4.69, 9.17) is 0 Å². The Balaban J connectivity index is 1.60. The van der Waals surface area contributed by atoms with Crippen molar-refractivity contribution in [3.05, 3.63) is 0 Å². The Hall–Kier alpha value is -0.710. The third kappa shape index (κ3) is 1.84. The van der Waals surface area contributed by atoms with Crippen molar-refractivity contribution in [1.82, 2.24) is 10.2 Å². The van der Waals surface area contributed by atoms with Crippen LogP contribution in [-0.4, -0.2) is 47.9 Å². The van der Waals surface area contributed by atoms with Gasteiger partial charge in [0.15, 0.2) is 0 Å². The quantitative estimate of drug-likeness (QED) is 0.740. The van der Waals surface area contributed by atoms with Crippen LogP contribution in [0.3, 0.4) is 0 Å². The lowest BCUT2D eigenvalue weighted by Gasteiger charge is -2.39. The molecular weight excluding hydrogens is 236 g/mol. The highest BCUT2D eigenvalue weighted by Crippen LogP contribution is 2.38. The van der Waals surface area contributed by atoms with Gasteiger partial charge in [-0.05, 0) is 19.3 Å². The molecule has 4 nitrogen and oxygen atoms in total. The van der Waals surface area contributed by atoms with Crippen molar-refractivity contribution >= 4 is 23.6 Å². The first-order chi connectivity index (χ1) is 8.21. The molecule has 0 aromatic rings. The average molecular weight is 254 g/mol. The average Bonchev–Trinajstić information content (AvgIpc) is 2.59. The van der Waals surface area contributed by atoms with Crippen molar-refractivity contribution in [2.45, 2.75) is 19.3 Å². The van der Waals surface area contributed by atoms with Gasteiger partial charge >= 0.3 is 0 Å². The first kappa shape index (κ1) is 11.4. The summed E-state index contributed by atoms with van der Waals surface area (Å²) in [6, 6.07) is 0. The normalized spacial score (nSPS) is 28.0. The van der Waals surface area contributed by atoms with Gasteiger partial charge < -0.3 is 10.2 Å². The SMILES string of the molecule is O=C(C1CSC1)N1CCC2(CCNC2=O)CC1. The second kappa shape index (κ2) is 4.19. The van der Waals surface area contributed by atoms with Gasteiger partial charge in [-0.3, -0.25) is 9.59 Å². The van der Waals surface area contributed by atoms with E-state index in [1.165, 1.54) is 0 Å². The van der Waals surface area contributed by atoms with Gasteiger partial charge in [-0.25, -0.2) is 0 Å². The van der Waals surface area contributed by atoms with Crippen LogP contribution in [0.2, 0.25) is 0 Å². The smallest absolute Gasteiger partial charge is 0.227 e. The summed E-state index contributed by atoms with van der Waals surface area (Å²) in [5.41, 5.74) is -0.148. The number of carbonyl (C=O) groups is 2. The topological polar surface area (TPSA) is 49.4 Å². The molecule has 3 rings (SSSR count). The van der Waals surface area contributed by atoms with E-state index in [2.05, 4.69) is 5.32 Å². The van der Waals surface area contributed by atoms with E-state index in [0.29, 0.717) is 5.91 Å². The van der Waals surface area contributed by atoms with Crippen molar-refractivity contribution in [1.29, 1.82) is 0 Å². The largest absolute Gasteiger partial charge is 0.356 e. The molecule has 0 atom stereocenters. The van der Waals surface area contributed by atoms with Gasteiger partial charge in [-0.2, -0.15) is 11.8 Å². The first-order valence-electron chi connectivity index (χ1n) is 6.36. The highest BCUT2D eigenvalue weighted by molar-refractivity contribution is 8.00. The standard InChI is InChI=1S/C12H18N2O2S/c15-10(9-7-17-8-9)14-5-2-12(3-6-14)1-4-13-11(12)16/h9H,1-8H2,(H,13,16). The Labute approximate surface area is 105 Å². The summed E-state index contributed by atoms with van der Waals surface area (Å²) >= 11 is 1.85. The van der Waals surface area contributed by atoms with Crippen molar-refractivity contribution < 1.29 is 9.59 Å². The molecule has 3 aliphatic heterocycles. The van der Waals surface area contributed by atoms with Crippen LogP contribution in [-0.2, 0) is 9.59 Å². The van der Waals surface area contributed by atoms with Crippen LogP contribution in [0.15, 0.2) is 0 Å². The fraction of sp³-hybridized carbons (Fsp3) is 0.833. The number of nitrogens with one attached hydrogen (secondary N) is 1. The maximum atomic E-state index is 12.1. The number of thioether (sulfide) groups is 1. The minimum absolute atomic E-state index is 0.148. The molecule has 1 spiro atoms. The summed E-state index contributed by atoms with van der Waals surface area (Å²) in [4.78, 5) is 25.9. The number of piperidine rings is 1. The molecule has 0 bridgehead atoms. The van der Waals surface area contributed by atoms with Crippen LogP contribution < -0.4 is 5.32 Å². The van der Waals surface area contributed by atoms with Gasteiger partial charge in [0.05, 0.1) is 11.3 Å². The van der Waals surface area contributed by atoms with Crippen molar-refractivity contribution in [3.8, 4) is 0 Å². The molecule has 0 unspecified atom stereocenters. The van der Waals surface area contributed by atoms with Crippen LogP contribution in [0.25, 0.3) is 0 Å². The first-order valence-corrected chi connectivity index (χ1v) is 7.52. The molecule has 0 aliphatic carbocycles. The molecule has 3 aliphatic rings. The molecular formula is C12H18N2O2S. The molecule has 0 saturated carbocycles. The van der Waals surface area contributed by atoms with Crippen LogP contribution in [0.4, 0.5) is 0 Å². The number of nitrogens with zero attached hydrogens (tertiary/aromatic N) is 1. The second-order valence-corrected chi connectivity index (χ2v) is 6.42. The molecule has 3 heterocycles. The summed E-state index contributed by atoms with van der Waals surface area (Å²) in [7, 11) is 0. The minimum atomic E-state index is -0.148. The Morgan fingerprint density at radius 2 is 2.00 bits per heavy atom. The number of hydrogen-bond donors (Lipinski definition) is 1. The third-order valence-corrected chi connectivity index (χ3v) is 5.67. The van der Waals surface area contributed by atoms with Gasteiger partial charge in [-0.15, -0.1) is 0 Å². The van der Waals surface area contributed by atoms with Crippen molar-refractivity contribution in [3.63, 3.8) is 0 Å².